The Balaban J connectivity index is 2.00. The van der Waals surface area contributed by atoms with E-state index >= 15 is 0 Å². The number of rotatable bonds is 7. The van der Waals surface area contributed by atoms with Gasteiger partial charge < -0.3 is 14.6 Å². The van der Waals surface area contributed by atoms with Crippen LogP contribution in [0.5, 0.6) is 5.75 Å². The molecule has 0 amide bonds. The second-order valence-electron chi connectivity index (χ2n) is 5.71. The lowest BCUT2D eigenvalue weighted by molar-refractivity contribution is -0.00224. The molecule has 1 aliphatic heterocycles. The van der Waals surface area contributed by atoms with Crippen molar-refractivity contribution in [1.82, 2.24) is 4.90 Å². The molecule has 1 saturated heterocycles. The molecule has 1 aromatic carbocycles. The molecule has 1 aliphatic rings. The molecule has 1 N–H and O–H groups in total. The van der Waals surface area contributed by atoms with Gasteiger partial charge in [-0.25, -0.2) is 4.79 Å². The molecule has 0 aromatic heterocycles. The Bertz CT molecular complexity index is 503. The summed E-state index contributed by atoms with van der Waals surface area (Å²) < 4.78 is 10.9. The van der Waals surface area contributed by atoms with Gasteiger partial charge in [0.25, 0.3) is 0 Å². The molecule has 5 nitrogen and oxygen atoms in total. The van der Waals surface area contributed by atoms with Crippen LogP contribution in [0.2, 0.25) is 0 Å². The maximum Gasteiger partial charge on any atom is 0.339 e. The minimum absolute atomic E-state index is 0.218. The van der Waals surface area contributed by atoms with Crippen LogP contribution in [0.1, 0.15) is 42.1 Å². The summed E-state index contributed by atoms with van der Waals surface area (Å²) in [7, 11) is 1.49. The molecule has 122 valence electrons. The number of nitrogens with zero attached hydrogens (tertiary/aromatic N) is 1. The molecule has 1 atom stereocenters. The Kier molecular flexibility index (Phi) is 6.21. The standard InChI is InChI=1S/C17H25NO4/c1-3-9-22-14-5-4-8-18(12-14)11-13-6-7-16(21-2)15(10-13)17(19)20/h6-7,10,14H,3-5,8-9,11-12H2,1-2H3,(H,19,20)/t14-/m1/s1. The van der Waals surface area contributed by atoms with Gasteiger partial charge in [-0.05, 0) is 43.5 Å². The number of methoxy groups -OCH3 is 1. The average molecular weight is 307 g/mol. The normalized spacial score (nSPS) is 19.1. The number of hydrogen-bond acceptors (Lipinski definition) is 4. The molecule has 1 fully saturated rings. The van der Waals surface area contributed by atoms with Crippen LogP contribution in [0.25, 0.3) is 0 Å². The second kappa shape index (κ2) is 8.15. The van der Waals surface area contributed by atoms with Crippen molar-refractivity contribution < 1.29 is 19.4 Å². The van der Waals surface area contributed by atoms with E-state index in [1.54, 1.807) is 12.1 Å². The third kappa shape index (κ3) is 4.45. The highest BCUT2D eigenvalue weighted by Gasteiger charge is 2.21. The van der Waals surface area contributed by atoms with Gasteiger partial charge in [-0.1, -0.05) is 13.0 Å². The quantitative estimate of drug-likeness (QED) is 0.839. The molecule has 0 spiro atoms. The van der Waals surface area contributed by atoms with Crippen LogP contribution in [-0.2, 0) is 11.3 Å². The number of piperidine rings is 1. The van der Waals surface area contributed by atoms with Crippen molar-refractivity contribution in [2.75, 3.05) is 26.8 Å². The van der Waals surface area contributed by atoms with Gasteiger partial charge in [-0.2, -0.15) is 0 Å². The Labute approximate surface area is 131 Å². The highest BCUT2D eigenvalue weighted by Crippen LogP contribution is 2.22. The minimum atomic E-state index is -0.957. The zero-order valence-corrected chi connectivity index (χ0v) is 13.4. The van der Waals surface area contributed by atoms with Crippen molar-refractivity contribution in [2.24, 2.45) is 0 Å². The van der Waals surface area contributed by atoms with E-state index in [9.17, 15) is 9.90 Å². The van der Waals surface area contributed by atoms with Crippen LogP contribution in [0.4, 0.5) is 0 Å². The van der Waals surface area contributed by atoms with Crippen molar-refractivity contribution in [1.29, 1.82) is 0 Å². The van der Waals surface area contributed by atoms with Crippen molar-refractivity contribution in [3.8, 4) is 5.75 Å². The minimum Gasteiger partial charge on any atom is -0.496 e. The lowest BCUT2D eigenvalue weighted by Crippen LogP contribution is -2.39. The van der Waals surface area contributed by atoms with Gasteiger partial charge in [-0.15, -0.1) is 0 Å². The molecule has 5 heteroatoms. The SMILES string of the molecule is CCCO[C@@H]1CCCN(Cc2ccc(OC)c(C(=O)O)c2)C1. The summed E-state index contributed by atoms with van der Waals surface area (Å²) in [6, 6.07) is 5.37. The summed E-state index contributed by atoms with van der Waals surface area (Å²) in [5.74, 6) is -0.555. The molecule has 1 heterocycles. The highest BCUT2D eigenvalue weighted by atomic mass is 16.5. The molecule has 22 heavy (non-hydrogen) atoms. The Morgan fingerprint density at radius 2 is 2.27 bits per heavy atom. The van der Waals surface area contributed by atoms with Crippen molar-refractivity contribution in [3.63, 3.8) is 0 Å². The van der Waals surface area contributed by atoms with Gasteiger partial charge in [-0.3, -0.25) is 4.90 Å². The maximum absolute atomic E-state index is 11.3. The third-order valence-electron chi connectivity index (χ3n) is 3.92. The molecule has 0 aliphatic carbocycles. The van der Waals surface area contributed by atoms with Gasteiger partial charge >= 0.3 is 5.97 Å². The smallest absolute Gasteiger partial charge is 0.339 e. The molecule has 0 radical (unpaired) electrons. The third-order valence-corrected chi connectivity index (χ3v) is 3.92. The summed E-state index contributed by atoms with van der Waals surface area (Å²) in [5, 5.41) is 9.25. The fourth-order valence-corrected chi connectivity index (χ4v) is 2.86. The van der Waals surface area contributed by atoms with Gasteiger partial charge in [0.15, 0.2) is 0 Å². The predicted octanol–water partition coefficient (Wildman–Crippen LogP) is 2.78. The fourth-order valence-electron chi connectivity index (χ4n) is 2.86. The first-order chi connectivity index (χ1) is 10.6. The molecule has 0 bridgehead atoms. The first-order valence-electron chi connectivity index (χ1n) is 7.88. The summed E-state index contributed by atoms with van der Waals surface area (Å²) in [4.78, 5) is 13.6. The van der Waals surface area contributed by atoms with Crippen LogP contribution < -0.4 is 4.74 Å². The fraction of sp³-hybridized carbons (Fsp3) is 0.588. The number of ether oxygens (including phenoxy) is 2. The van der Waals surface area contributed by atoms with Gasteiger partial charge in [0, 0.05) is 19.7 Å². The number of carboxylic acid groups (broad SMARTS) is 1. The number of hydrogen-bond donors (Lipinski definition) is 1. The van der Waals surface area contributed by atoms with E-state index < -0.39 is 5.97 Å². The summed E-state index contributed by atoms with van der Waals surface area (Å²) in [6.45, 7) is 5.61. The number of likely N-dealkylation sites (tertiary alicyclic amines) is 1. The summed E-state index contributed by atoms with van der Waals surface area (Å²) in [5.41, 5.74) is 1.21. The highest BCUT2D eigenvalue weighted by molar-refractivity contribution is 5.91. The maximum atomic E-state index is 11.3. The largest absolute Gasteiger partial charge is 0.496 e. The molecule has 2 rings (SSSR count). The lowest BCUT2D eigenvalue weighted by Gasteiger charge is -2.32. The van der Waals surface area contributed by atoms with Crippen LogP contribution in [0.3, 0.4) is 0 Å². The molecule has 0 unspecified atom stereocenters. The molecule has 0 saturated carbocycles. The Morgan fingerprint density at radius 1 is 1.45 bits per heavy atom. The summed E-state index contributed by atoms with van der Waals surface area (Å²) >= 11 is 0. The number of carboxylic acids is 1. The predicted molar refractivity (Wildman–Crippen MR) is 84.5 cm³/mol. The van der Waals surface area contributed by atoms with Crippen LogP contribution in [0, 0.1) is 0 Å². The number of benzene rings is 1. The van der Waals surface area contributed by atoms with Crippen LogP contribution >= 0.6 is 0 Å². The van der Waals surface area contributed by atoms with Gasteiger partial charge in [0.1, 0.15) is 11.3 Å². The number of aromatic carboxylic acids is 1. The van der Waals surface area contributed by atoms with Crippen molar-refractivity contribution in [3.05, 3.63) is 29.3 Å². The van der Waals surface area contributed by atoms with E-state index in [4.69, 9.17) is 9.47 Å². The Morgan fingerprint density at radius 3 is 2.95 bits per heavy atom. The molecular formula is C17H25NO4. The van der Waals surface area contributed by atoms with E-state index in [2.05, 4.69) is 11.8 Å². The second-order valence-corrected chi connectivity index (χ2v) is 5.71. The molecule has 1 aromatic rings. The van der Waals surface area contributed by atoms with E-state index in [0.29, 0.717) is 11.9 Å². The monoisotopic (exact) mass is 307 g/mol. The van der Waals surface area contributed by atoms with E-state index in [-0.39, 0.29) is 5.56 Å². The van der Waals surface area contributed by atoms with Gasteiger partial charge in [0.2, 0.25) is 0 Å². The van der Waals surface area contributed by atoms with E-state index in [1.165, 1.54) is 7.11 Å². The van der Waals surface area contributed by atoms with Gasteiger partial charge in [0.05, 0.1) is 13.2 Å². The van der Waals surface area contributed by atoms with E-state index in [1.807, 2.05) is 6.07 Å². The zero-order valence-electron chi connectivity index (χ0n) is 13.4. The lowest BCUT2D eigenvalue weighted by atomic mass is 10.1. The molecular weight excluding hydrogens is 282 g/mol. The first-order valence-corrected chi connectivity index (χ1v) is 7.88. The van der Waals surface area contributed by atoms with E-state index in [0.717, 1.165) is 51.1 Å². The summed E-state index contributed by atoms with van der Waals surface area (Å²) in [6.07, 6.45) is 3.57. The topological polar surface area (TPSA) is 59.0 Å². The van der Waals surface area contributed by atoms with Crippen LogP contribution in [0.15, 0.2) is 18.2 Å². The zero-order chi connectivity index (χ0) is 15.9. The van der Waals surface area contributed by atoms with Crippen molar-refractivity contribution >= 4 is 5.97 Å². The van der Waals surface area contributed by atoms with Crippen LogP contribution in [-0.4, -0.2) is 48.9 Å². The number of carbonyl (C=O) groups is 1. The average Bonchev–Trinajstić information content (AvgIpc) is 2.53. The first kappa shape index (κ1) is 16.8. The Hall–Kier alpha value is -1.59. The van der Waals surface area contributed by atoms with Crippen molar-refractivity contribution in [2.45, 2.75) is 38.8 Å².